The van der Waals surface area contributed by atoms with Gasteiger partial charge in [0.2, 0.25) is 10.0 Å². The lowest BCUT2D eigenvalue weighted by molar-refractivity contribution is 0.568. The fraction of sp³-hybridized carbons (Fsp3) is 0.286. The molecule has 4 nitrogen and oxygen atoms in total. The second-order valence-electron chi connectivity index (χ2n) is 4.85. The van der Waals surface area contributed by atoms with Gasteiger partial charge in [-0.1, -0.05) is 6.07 Å². The highest BCUT2D eigenvalue weighted by Gasteiger charge is 2.21. The number of rotatable bonds is 4. The maximum absolute atomic E-state index is 12.4. The Morgan fingerprint density at radius 2 is 2.20 bits per heavy atom. The van der Waals surface area contributed by atoms with E-state index in [0.717, 1.165) is 29.1 Å². The van der Waals surface area contributed by atoms with Crippen LogP contribution >= 0.6 is 11.3 Å². The standard InChI is InChI=1S/C14H16N2O2S2/c1-10(14-3-2-8-19-14)16-20(17,18)12-4-5-13-11(9-12)6-7-15-13/h2-5,8-10,15-16H,6-7H2,1H3. The van der Waals surface area contributed by atoms with Crippen LogP contribution in [0.3, 0.4) is 0 Å². The Hall–Kier alpha value is -1.37. The number of thiophene rings is 1. The molecule has 0 radical (unpaired) electrons. The molecule has 3 rings (SSSR count). The average molecular weight is 308 g/mol. The van der Waals surface area contributed by atoms with Crippen LogP contribution in [-0.2, 0) is 16.4 Å². The molecule has 20 heavy (non-hydrogen) atoms. The summed E-state index contributed by atoms with van der Waals surface area (Å²) >= 11 is 1.55. The SMILES string of the molecule is CC(NS(=O)(=O)c1ccc2c(c1)CCN2)c1cccs1. The van der Waals surface area contributed by atoms with E-state index in [0.29, 0.717) is 4.90 Å². The van der Waals surface area contributed by atoms with Gasteiger partial charge in [-0.2, -0.15) is 0 Å². The van der Waals surface area contributed by atoms with Crippen molar-refractivity contribution in [3.05, 3.63) is 46.2 Å². The highest BCUT2D eigenvalue weighted by molar-refractivity contribution is 7.89. The lowest BCUT2D eigenvalue weighted by Crippen LogP contribution is -2.26. The van der Waals surface area contributed by atoms with Crippen molar-refractivity contribution in [1.29, 1.82) is 0 Å². The van der Waals surface area contributed by atoms with Crippen LogP contribution in [0.15, 0.2) is 40.6 Å². The topological polar surface area (TPSA) is 58.2 Å². The number of hydrogen-bond donors (Lipinski definition) is 2. The zero-order chi connectivity index (χ0) is 14.2. The number of sulfonamides is 1. The summed E-state index contributed by atoms with van der Waals surface area (Å²) < 4.78 is 27.5. The van der Waals surface area contributed by atoms with E-state index in [4.69, 9.17) is 0 Å². The van der Waals surface area contributed by atoms with Crippen molar-refractivity contribution in [2.45, 2.75) is 24.3 Å². The zero-order valence-corrected chi connectivity index (χ0v) is 12.7. The van der Waals surface area contributed by atoms with E-state index < -0.39 is 10.0 Å². The molecule has 1 aliphatic heterocycles. The van der Waals surface area contributed by atoms with E-state index in [1.165, 1.54) is 0 Å². The molecule has 0 aliphatic carbocycles. The van der Waals surface area contributed by atoms with E-state index in [-0.39, 0.29) is 6.04 Å². The van der Waals surface area contributed by atoms with Gasteiger partial charge < -0.3 is 5.32 Å². The summed E-state index contributed by atoms with van der Waals surface area (Å²) in [5.74, 6) is 0. The van der Waals surface area contributed by atoms with Crippen molar-refractivity contribution in [3.8, 4) is 0 Å². The number of benzene rings is 1. The Morgan fingerprint density at radius 1 is 1.35 bits per heavy atom. The average Bonchev–Trinajstić information content (AvgIpc) is 3.08. The van der Waals surface area contributed by atoms with Gasteiger partial charge in [0, 0.05) is 17.1 Å². The second-order valence-corrected chi connectivity index (χ2v) is 7.55. The monoisotopic (exact) mass is 308 g/mol. The molecule has 1 atom stereocenters. The number of nitrogens with one attached hydrogen (secondary N) is 2. The summed E-state index contributed by atoms with van der Waals surface area (Å²) in [6.07, 6.45) is 0.874. The van der Waals surface area contributed by atoms with Crippen LogP contribution in [0.25, 0.3) is 0 Å². The minimum atomic E-state index is -3.48. The molecule has 0 spiro atoms. The fourth-order valence-corrected chi connectivity index (χ4v) is 4.43. The van der Waals surface area contributed by atoms with Crippen molar-refractivity contribution >= 4 is 27.0 Å². The van der Waals surface area contributed by atoms with Crippen LogP contribution in [0.4, 0.5) is 5.69 Å². The molecule has 6 heteroatoms. The lowest BCUT2D eigenvalue weighted by Gasteiger charge is -2.13. The molecule has 0 saturated carbocycles. The predicted octanol–water partition coefficient (Wildman–Crippen LogP) is 2.76. The van der Waals surface area contributed by atoms with Gasteiger partial charge in [-0.15, -0.1) is 11.3 Å². The Morgan fingerprint density at radius 3 is 2.95 bits per heavy atom. The molecule has 2 aromatic rings. The summed E-state index contributed by atoms with van der Waals surface area (Å²) in [6, 6.07) is 8.90. The molecule has 0 bridgehead atoms. The summed E-state index contributed by atoms with van der Waals surface area (Å²) in [5.41, 5.74) is 2.10. The first kappa shape index (κ1) is 13.6. The molecular weight excluding hydrogens is 292 g/mol. The molecule has 2 heterocycles. The van der Waals surface area contributed by atoms with Crippen molar-refractivity contribution in [3.63, 3.8) is 0 Å². The quantitative estimate of drug-likeness (QED) is 0.913. The maximum Gasteiger partial charge on any atom is 0.241 e. The van der Waals surface area contributed by atoms with Gasteiger partial charge in [0.15, 0.2) is 0 Å². The maximum atomic E-state index is 12.4. The Balaban J connectivity index is 1.85. The number of hydrogen-bond acceptors (Lipinski definition) is 4. The molecule has 0 fully saturated rings. The van der Waals surface area contributed by atoms with Crippen molar-refractivity contribution in [2.75, 3.05) is 11.9 Å². The molecule has 1 aromatic carbocycles. The molecule has 1 aromatic heterocycles. The number of fused-ring (bicyclic) bond motifs is 1. The number of anilines is 1. The molecule has 1 unspecified atom stereocenters. The summed E-state index contributed by atoms with van der Waals surface area (Å²) in [4.78, 5) is 1.35. The summed E-state index contributed by atoms with van der Waals surface area (Å²) in [6.45, 7) is 2.73. The first-order valence-electron chi connectivity index (χ1n) is 6.49. The third-order valence-corrected chi connectivity index (χ3v) is 5.99. The minimum absolute atomic E-state index is 0.216. The van der Waals surface area contributed by atoms with Crippen LogP contribution in [-0.4, -0.2) is 15.0 Å². The minimum Gasteiger partial charge on any atom is -0.384 e. The van der Waals surface area contributed by atoms with Gasteiger partial charge in [-0.05, 0) is 48.6 Å². The van der Waals surface area contributed by atoms with E-state index in [1.54, 1.807) is 23.5 Å². The highest BCUT2D eigenvalue weighted by Crippen LogP contribution is 2.26. The zero-order valence-electron chi connectivity index (χ0n) is 11.1. The highest BCUT2D eigenvalue weighted by atomic mass is 32.2. The van der Waals surface area contributed by atoms with Crippen molar-refractivity contribution in [1.82, 2.24) is 4.72 Å². The van der Waals surface area contributed by atoms with E-state index in [9.17, 15) is 8.42 Å². The molecule has 106 valence electrons. The smallest absolute Gasteiger partial charge is 0.241 e. The largest absolute Gasteiger partial charge is 0.384 e. The van der Waals surface area contributed by atoms with E-state index in [1.807, 2.05) is 30.5 Å². The molecular formula is C14H16N2O2S2. The van der Waals surface area contributed by atoms with Crippen LogP contribution in [0, 0.1) is 0 Å². The van der Waals surface area contributed by atoms with Crippen LogP contribution < -0.4 is 10.0 Å². The lowest BCUT2D eigenvalue weighted by atomic mass is 10.2. The third kappa shape index (κ3) is 2.59. The third-order valence-electron chi connectivity index (χ3n) is 3.40. The van der Waals surface area contributed by atoms with Gasteiger partial charge in [-0.25, -0.2) is 13.1 Å². The first-order valence-corrected chi connectivity index (χ1v) is 8.85. The van der Waals surface area contributed by atoms with Gasteiger partial charge in [-0.3, -0.25) is 0 Å². The first-order chi connectivity index (χ1) is 9.56. The van der Waals surface area contributed by atoms with Crippen LogP contribution in [0.2, 0.25) is 0 Å². The van der Waals surface area contributed by atoms with Gasteiger partial charge in [0.05, 0.1) is 10.9 Å². The van der Waals surface area contributed by atoms with Gasteiger partial charge in [0.25, 0.3) is 0 Å². The fourth-order valence-electron chi connectivity index (χ4n) is 2.34. The van der Waals surface area contributed by atoms with Crippen molar-refractivity contribution < 1.29 is 8.42 Å². The Kier molecular flexibility index (Phi) is 3.54. The van der Waals surface area contributed by atoms with Crippen LogP contribution in [0.5, 0.6) is 0 Å². The van der Waals surface area contributed by atoms with Crippen molar-refractivity contribution in [2.24, 2.45) is 0 Å². The second kappa shape index (κ2) is 5.20. The Bertz CT molecular complexity index is 709. The Labute approximate surface area is 122 Å². The van der Waals surface area contributed by atoms with Crippen LogP contribution in [0.1, 0.15) is 23.4 Å². The molecule has 2 N–H and O–H groups in total. The van der Waals surface area contributed by atoms with E-state index in [2.05, 4.69) is 10.0 Å². The molecule has 0 saturated heterocycles. The normalized spacial score (nSPS) is 15.7. The summed E-state index contributed by atoms with van der Waals surface area (Å²) in [5, 5.41) is 5.17. The molecule has 1 aliphatic rings. The molecule has 0 amide bonds. The van der Waals surface area contributed by atoms with Gasteiger partial charge >= 0.3 is 0 Å². The van der Waals surface area contributed by atoms with E-state index >= 15 is 0 Å². The summed E-state index contributed by atoms with van der Waals surface area (Å²) in [7, 11) is -3.48. The predicted molar refractivity (Wildman–Crippen MR) is 81.7 cm³/mol. The van der Waals surface area contributed by atoms with Gasteiger partial charge in [0.1, 0.15) is 0 Å².